The van der Waals surface area contributed by atoms with Gasteiger partial charge in [0, 0.05) is 12.1 Å². The minimum atomic E-state index is -0.396. The number of fused-ring (bicyclic) bond motifs is 1. The lowest BCUT2D eigenvalue weighted by molar-refractivity contribution is 0.250. The van der Waals surface area contributed by atoms with Gasteiger partial charge in [-0.2, -0.15) is 0 Å². The number of amides is 2. The van der Waals surface area contributed by atoms with E-state index in [1.807, 2.05) is 31.2 Å². The molecule has 0 saturated carbocycles. The van der Waals surface area contributed by atoms with Crippen LogP contribution in [-0.2, 0) is 0 Å². The third-order valence-electron chi connectivity index (χ3n) is 3.73. The summed E-state index contributed by atoms with van der Waals surface area (Å²) in [5, 5.41) is 2.70. The topological polar surface area (TPSA) is 80.2 Å². The number of carbonyl (C=O) groups excluding carboxylic acids is 1. The van der Waals surface area contributed by atoms with Gasteiger partial charge in [-0.25, -0.2) is 19.1 Å². The zero-order valence-electron chi connectivity index (χ0n) is 15.0. The van der Waals surface area contributed by atoms with Crippen LogP contribution in [0, 0.1) is 0 Å². The number of methoxy groups -OCH3 is 1. The van der Waals surface area contributed by atoms with Crippen LogP contribution in [0.1, 0.15) is 6.92 Å². The molecule has 3 rings (SSSR count). The van der Waals surface area contributed by atoms with Gasteiger partial charge in [0.25, 0.3) is 0 Å². The highest BCUT2D eigenvalue weighted by molar-refractivity contribution is 7.82. The lowest BCUT2D eigenvalue weighted by atomic mass is 10.1. The van der Waals surface area contributed by atoms with Crippen molar-refractivity contribution >= 4 is 35.8 Å². The second kappa shape index (κ2) is 8.05. The van der Waals surface area contributed by atoms with E-state index in [1.54, 1.807) is 25.4 Å². The summed E-state index contributed by atoms with van der Waals surface area (Å²) in [5.74, 6) is 1.12. The number of pyridine rings is 1. The smallest absolute Gasteiger partial charge is 0.333 e. The summed E-state index contributed by atoms with van der Waals surface area (Å²) in [7, 11) is 1.62. The largest absolute Gasteiger partial charge is 0.497 e. The minimum absolute atomic E-state index is 0.353. The zero-order valence-corrected chi connectivity index (χ0v) is 15.9. The maximum absolute atomic E-state index is 12.1. The number of aromatic nitrogens is 3. The van der Waals surface area contributed by atoms with Crippen LogP contribution >= 0.6 is 12.8 Å². The van der Waals surface area contributed by atoms with E-state index in [0.29, 0.717) is 29.2 Å². The van der Waals surface area contributed by atoms with Crippen LogP contribution in [-0.4, -0.2) is 34.6 Å². The summed E-state index contributed by atoms with van der Waals surface area (Å²) in [6.07, 6.45) is 1.68. The number of rotatable bonds is 5. The van der Waals surface area contributed by atoms with Crippen molar-refractivity contribution < 1.29 is 9.53 Å². The molecule has 27 heavy (non-hydrogen) atoms. The van der Waals surface area contributed by atoms with E-state index in [0.717, 1.165) is 21.2 Å². The number of anilines is 1. The Labute approximate surface area is 162 Å². The molecule has 1 N–H and O–H groups in total. The average Bonchev–Trinajstić information content (AvgIpc) is 2.70. The highest BCUT2D eigenvalue weighted by Crippen LogP contribution is 2.23. The van der Waals surface area contributed by atoms with E-state index in [1.165, 1.54) is 0 Å². The lowest BCUT2D eigenvalue weighted by Gasteiger charge is -2.15. The molecule has 0 aliphatic carbocycles. The van der Waals surface area contributed by atoms with Crippen LogP contribution in [0.5, 0.6) is 5.75 Å². The first-order valence-corrected chi connectivity index (χ1v) is 8.57. The zero-order chi connectivity index (χ0) is 19.4. The first-order valence-electron chi connectivity index (χ1n) is 8.17. The Morgan fingerprint density at radius 3 is 2.63 bits per heavy atom. The van der Waals surface area contributed by atoms with Crippen molar-refractivity contribution in [1.82, 2.24) is 20.3 Å². The van der Waals surface area contributed by atoms with Crippen molar-refractivity contribution in [2.45, 2.75) is 6.92 Å². The summed E-state index contributed by atoms with van der Waals surface area (Å²) in [6.45, 7) is 5.94. The molecule has 2 heterocycles. The third-order valence-corrected chi connectivity index (χ3v) is 4.12. The van der Waals surface area contributed by atoms with Crippen LogP contribution < -0.4 is 14.4 Å². The molecular weight excluding hydrogens is 362 g/mol. The Morgan fingerprint density at radius 1 is 1.22 bits per heavy atom. The van der Waals surface area contributed by atoms with Crippen LogP contribution in [0.25, 0.3) is 22.4 Å². The van der Waals surface area contributed by atoms with Crippen molar-refractivity contribution in [3.05, 3.63) is 54.7 Å². The molecule has 0 unspecified atom stereocenters. The summed E-state index contributed by atoms with van der Waals surface area (Å²) in [4.78, 5) is 25.5. The van der Waals surface area contributed by atoms with Gasteiger partial charge in [0.1, 0.15) is 17.1 Å². The summed E-state index contributed by atoms with van der Waals surface area (Å²) < 4.78 is 6.30. The fourth-order valence-corrected chi connectivity index (χ4v) is 2.49. The summed E-state index contributed by atoms with van der Waals surface area (Å²) in [6, 6.07) is 10.5. The molecule has 1 aromatic carbocycles. The van der Waals surface area contributed by atoms with E-state index in [4.69, 9.17) is 4.74 Å². The Balaban J connectivity index is 1.89. The van der Waals surface area contributed by atoms with E-state index in [2.05, 4.69) is 39.7 Å². The Kier molecular flexibility index (Phi) is 5.56. The van der Waals surface area contributed by atoms with E-state index < -0.39 is 6.03 Å². The van der Waals surface area contributed by atoms with Gasteiger partial charge in [0.05, 0.1) is 19.0 Å². The number of nitrogens with zero attached hydrogens (tertiary/aromatic N) is 4. The number of urea groups is 1. The number of nitrogens with one attached hydrogen (secondary N) is 1. The number of ether oxygens (including phenoxy) is 1. The molecule has 0 saturated heterocycles. The Hall–Kier alpha value is -3.13. The van der Waals surface area contributed by atoms with Crippen molar-refractivity contribution in [2.75, 3.05) is 18.0 Å². The van der Waals surface area contributed by atoms with Gasteiger partial charge in [0.2, 0.25) is 0 Å². The second-order valence-corrected chi connectivity index (χ2v) is 6.32. The first kappa shape index (κ1) is 18.7. The molecule has 8 heteroatoms. The van der Waals surface area contributed by atoms with Crippen molar-refractivity contribution in [1.29, 1.82) is 0 Å². The quantitative estimate of drug-likeness (QED) is 0.521. The van der Waals surface area contributed by atoms with Gasteiger partial charge in [0.15, 0.2) is 5.65 Å². The van der Waals surface area contributed by atoms with Crippen molar-refractivity contribution in [2.24, 2.45) is 0 Å². The van der Waals surface area contributed by atoms with Crippen molar-refractivity contribution in [3.8, 4) is 17.0 Å². The van der Waals surface area contributed by atoms with E-state index in [9.17, 15) is 4.79 Å². The third kappa shape index (κ3) is 4.35. The molecule has 7 nitrogen and oxygen atoms in total. The molecule has 0 atom stereocenters. The maximum Gasteiger partial charge on any atom is 0.333 e. The van der Waals surface area contributed by atoms with Gasteiger partial charge in [-0.3, -0.25) is 4.98 Å². The van der Waals surface area contributed by atoms with Gasteiger partial charge >= 0.3 is 6.03 Å². The molecule has 2 amide bonds. The van der Waals surface area contributed by atoms with E-state index in [-0.39, 0.29) is 0 Å². The monoisotopic (exact) mass is 381 g/mol. The highest BCUT2D eigenvalue weighted by atomic mass is 32.1. The fraction of sp³-hybridized carbons (Fsp3) is 0.158. The van der Waals surface area contributed by atoms with Crippen LogP contribution in [0.2, 0.25) is 0 Å². The number of carbonyl (C=O) groups is 1. The highest BCUT2D eigenvalue weighted by Gasteiger charge is 2.14. The normalized spacial score (nSPS) is 10.5. The molecule has 138 valence electrons. The second-order valence-electron chi connectivity index (χ2n) is 5.92. The Morgan fingerprint density at radius 2 is 1.96 bits per heavy atom. The SMILES string of the molecule is C=C(C)CNC(=O)N(S)c1ccc2ncc(-c3ccc(OC)cc3)nc2n1. The number of hydrogen-bond donors (Lipinski definition) is 2. The van der Waals surface area contributed by atoms with Crippen molar-refractivity contribution in [3.63, 3.8) is 0 Å². The van der Waals surface area contributed by atoms with Gasteiger partial charge < -0.3 is 10.1 Å². The summed E-state index contributed by atoms with van der Waals surface area (Å²) in [5.41, 5.74) is 3.45. The van der Waals surface area contributed by atoms with Gasteiger partial charge in [-0.05, 0) is 43.3 Å². The standard InChI is InChI=1S/C19H19N5O2S/c1-12(2)10-21-19(25)24(27)17-9-8-15-18(23-17)22-16(11-20-15)13-4-6-14(26-3)7-5-13/h4-9,11,27H,1,10H2,2-3H3,(H,21,25). The molecule has 0 bridgehead atoms. The molecule has 0 spiro atoms. The molecule has 0 fully saturated rings. The molecule has 2 aromatic heterocycles. The molecule has 0 radical (unpaired) electrons. The maximum atomic E-state index is 12.1. The van der Waals surface area contributed by atoms with Crippen LogP contribution in [0.3, 0.4) is 0 Å². The van der Waals surface area contributed by atoms with Gasteiger partial charge in [-0.15, -0.1) is 0 Å². The van der Waals surface area contributed by atoms with Crippen LogP contribution in [0.4, 0.5) is 10.6 Å². The molecule has 0 aliphatic rings. The Bertz CT molecular complexity index is 991. The fourth-order valence-electron chi connectivity index (χ4n) is 2.31. The van der Waals surface area contributed by atoms with Crippen LogP contribution in [0.15, 0.2) is 54.7 Å². The number of thiol groups is 1. The molecule has 3 aromatic rings. The number of hydrogen-bond acceptors (Lipinski definition) is 6. The molecular formula is C19H19N5O2S. The predicted octanol–water partition coefficient (Wildman–Crippen LogP) is 3.64. The lowest BCUT2D eigenvalue weighted by Crippen LogP contribution is -2.35. The van der Waals surface area contributed by atoms with Gasteiger partial charge in [-0.1, -0.05) is 25.0 Å². The molecule has 0 aliphatic heterocycles. The first-order chi connectivity index (χ1) is 13.0. The number of benzene rings is 1. The van der Waals surface area contributed by atoms with E-state index >= 15 is 0 Å². The predicted molar refractivity (Wildman–Crippen MR) is 109 cm³/mol. The minimum Gasteiger partial charge on any atom is -0.497 e. The summed E-state index contributed by atoms with van der Waals surface area (Å²) >= 11 is 4.23. The average molecular weight is 381 g/mol.